The number of hydrogen-bond donors (Lipinski definition) is 1. The van der Waals surface area contributed by atoms with Gasteiger partial charge in [-0.25, -0.2) is 0 Å². The predicted octanol–water partition coefficient (Wildman–Crippen LogP) is 1.80. The summed E-state index contributed by atoms with van der Waals surface area (Å²) >= 11 is 0. The second-order valence-electron chi connectivity index (χ2n) is 4.28. The lowest BCUT2D eigenvalue weighted by Crippen LogP contribution is -2.38. The molecule has 2 aliphatic carbocycles. The molecule has 10 heavy (non-hydrogen) atoms. The lowest BCUT2D eigenvalue weighted by molar-refractivity contribution is -0.0363. The quantitative estimate of drug-likeness (QED) is 0.544. The van der Waals surface area contributed by atoms with Crippen molar-refractivity contribution in [2.75, 3.05) is 0 Å². The monoisotopic (exact) mass is 140 g/mol. The minimum absolute atomic E-state index is 0.330. The van der Waals surface area contributed by atoms with Crippen molar-refractivity contribution in [1.82, 2.24) is 0 Å². The van der Waals surface area contributed by atoms with Crippen molar-refractivity contribution in [3.8, 4) is 0 Å². The number of aliphatic hydroxyl groups is 1. The second kappa shape index (κ2) is 1.76. The Bertz CT molecular complexity index is 147. The maximum absolute atomic E-state index is 9.95. The summed E-state index contributed by atoms with van der Waals surface area (Å²) in [5.74, 6) is 2.00. The van der Waals surface area contributed by atoms with Gasteiger partial charge in [-0.3, -0.25) is 0 Å². The van der Waals surface area contributed by atoms with Crippen LogP contribution in [0.15, 0.2) is 0 Å². The van der Waals surface area contributed by atoms with E-state index in [1.54, 1.807) is 0 Å². The summed E-state index contributed by atoms with van der Waals surface area (Å²) in [7, 11) is 0. The first-order valence-corrected chi connectivity index (χ1v) is 4.34. The molecule has 58 valence electrons. The molecule has 1 nitrogen and oxygen atoms in total. The molecule has 2 aliphatic rings. The first-order chi connectivity index (χ1) is 4.62. The van der Waals surface area contributed by atoms with Gasteiger partial charge in [0.05, 0.1) is 5.60 Å². The van der Waals surface area contributed by atoms with Crippen molar-refractivity contribution in [2.24, 2.45) is 17.8 Å². The molecule has 0 aromatic carbocycles. The van der Waals surface area contributed by atoms with Crippen LogP contribution in [0, 0.1) is 17.8 Å². The Morgan fingerprint density at radius 1 is 1.40 bits per heavy atom. The first kappa shape index (κ1) is 6.66. The van der Waals surface area contributed by atoms with E-state index < -0.39 is 0 Å². The van der Waals surface area contributed by atoms with Gasteiger partial charge in [0.2, 0.25) is 0 Å². The van der Waals surface area contributed by atoms with E-state index in [0.717, 1.165) is 5.92 Å². The van der Waals surface area contributed by atoms with Gasteiger partial charge in [-0.1, -0.05) is 6.92 Å². The molecule has 0 aliphatic heterocycles. The maximum atomic E-state index is 9.95. The highest BCUT2D eigenvalue weighted by Gasteiger charge is 2.52. The minimum Gasteiger partial charge on any atom is -0.390 e. The molecule has 0 spiro atoms. The lowest BCUT2D eigenvalue weighted by Gasteiger charge is -2.34. The van der Waals surface area contributed by atoms with Crippen LogP contribution >= 0.6 is 0 Å². The van der Waals surface area contributed by atoms with Crippen LogP contribution in [0.3, 0.4) is 0 Å². The van der Waals surface area contributed by atoms with E-state index in [2.05, 4.69) is 6.92 Å². The molecule has 0 amide bonds. The third-order valence-corrected chi connectivity index (χ3v) is 3.93. The van der Waals surface area contributed by atoms with Gasteiger partial charge in [-0.15, -0.1) is 0 Å². The Morgan fingerprint density at radius 2 is 2.10 bits per heavy atom. The summed E-state index contributed by atoms with van der Waals surface area (Å²) < 4.78 is 0. The van der Waals surface area contributed by atoms with E-state index in [9.17, 15) is 5.11 Å². The zero-order chi connectivity index (χ0) is 7.35. The van der Waals surface area contributed by atoms with Gasteiger partial charge in [0, 0.05) is 0 Å². The smallest absolute Gasteiger partial charge is 0.0675 e. The highest BCUT2D eigenvalue weighted by atomic mass is 16.3. The van der Waals surface area contributed by atoms with E-state index >= 15 is 0 Å². The van der Waals surface area contributed by atoms with Gasteiger partial charge in [-0.05, 0) is 43.9 Å². The van der Waals surface area contributed by atoms with E-state index in [4.69, 9.17) is 0 Å². The maximum Gasteiger partial charge on any atom is 0.0675 e. The van der Waals surface area contributed by atoms with Gasteiger partial charge in [0.15, 0.2) is 0 Å². The number of rotatable bonds is 0. The molecule has 4 atom stereocenters. The third-order valence-electron chi connectivity index (χ3n) is 3.93. The van der Waals surface area contributed by atoms with Crippen LogP contribution in [0.4, 0.5) is 0 Å². The van der Waals surface area contributed by atoms with E-state index in [1.165, 1.54) is 19.3 Å². The molecule has 1 N–H and O–H groups in total. The third kappa shape index (κ3) is 0.619. The van der Waals surface area contributed by atoms with Gasteiger partial charge in [0.25, 0.3) is 0 Å². The Labute approximate surface area is 62.4 Å². The number of fused-ring (bicyclic) bond motifs is 2. The van der Waals surface area contributed by atoms with Gasteiger partial charge >= 0.3 is 0 Å². The molecule has 2 fully saturated rings. The van der Waals surface area contributed by atoms with Gasteiger partial charge in [0.1, 0.15) is 0 Å². The van der Waals surface area contributed by atoms with Gasteiger partial charge < -0.3 is 5.11 Å². The van der Waals surface area contributed by atoms with Crippen LogP contribution in [0.2, 0.25) is 0 Å². The molecular weight excluding hydrogens is 124 g/mol. The fraction of sp³-hybridized carbons (Fsp3) is 1.00. The molecule has 2 rings (SSSR count). The molecule has 2 saturated carbocycles. The summed E-state index contributed by atoms with van der Waals surface area (Å²) in [5.41, 5.74) is -0.330. The van der Waals surface area contributed by atoms with Crippen molar-refractivity contribution >= 4 is 0 Å². The standard InChI is InChI=1S/C9H16O/c1-6-7-3-4-8(5-7)9(6,2)10/h6-8,10H,3-5H2,1-2H3/t6-,7+,8-,9+/m1/s1. The highest BCUT2D eigenvalue weighted by molar-refractivity contribution is 5.02. The topological polar surface area (TPSA) is 20.2 Å². The molecule has 1 heteroatoms. The Kier molecular flexibility index (Phi) is 1.17. The Hall–Kier alpha value is -0.0400. The predicted molar refractivity (Wildman–Crippen MR) is 40.6 cm³/mol. The molecule has 0 aromatic rings. The summed E-state index contributed by atoms with van der Waals surface area (Å²) in [6, 6.07) is 0. The van der Waals surface area contributed by atoms with E-state index in [1.807, 2.05) is 6.92 Å². The normalized spacial score (nSPS) is 59.7. The molecule has 0 heterocycles. The SMILES string of the molecule is C[C@@H]1[C@H]2CC[C@H](C2)[C@@]1(C)O. The van der Waals surface area contributed by atoms with Crippen molar-refractivity contribution in [3.63, 3.8) is 0 Å². The molecule has 2 bridgehead atoms. The van der Waals surface area contributed by atoms with Crippen LogP contribution in [0.5, 0.6) is 0 Å². The fourth-order valence-electron chi connectivity index (χ4n) is 2.85. The lowest BCUT2D eigenvalue weighted by atomic mass is 9.78. The Balaban J connectivity index is 2.25. The van der Waals surface area contributed by atoms with Crippen LogP contribution in [-0.2, 0) is 0 Å². The zero-order valence-corrected chi connectivity index (χ0v) is 6.80. The first-order valence-electron chi connectivity index (χ1n) is 4.34. The number of hydrogen-bond acceptors (Lipinski definition) is 1. The minimum atomic E-state index is -0.330. The average molecular weight is 140 g/mol. The summed E-state index contributed by atoms with van der Waals surface area (Å²) in [5, 5.41) is 9.95. The summed E-state index contributed by atoms with van der Waals surface area (Å²) in [4.78, 5) is 0. The highest BCUT2D eigenvalue weighted by Crippen LogP contribution is 2.53. The molecule has 0 radical (unpaired) electrons. The van der Waals surface area contributed by atoms with Crippen LogP contribution in [-0.4, -0.2) is 10.7 Å². The molecular formula is C9H16O. The fourth-order valence-corrected chi connectivity index (χ4v) is 2.85. The largest absolute Gasteiger partial charge is 0.390 e. The van der Waals surface area contributed by atoms with E-state index in [0.29, 0.717) is 11.8 Å². The van der Waals surface area contributed by atoms with Crippen LogP contribution in [0.1, 0.15) is 33.1 Å². The zero-order valence-electron chi connectivity index (χ0n) is 6.80. The second-order valence-corrected chi connectivity index (χ2v) is 4.28. The molecule has 0 unspecified atom stereocenters. The van der Waals surface area contributed by atoms with E-state index in [-0.39, 0.29) is 5.60 Å². The summed E-state index contributed by atoms with van der Waals surface area (Å²) in [6.07, 6.45) is 3.91. The van der Waals surface area contributed by atoms with Crippen molar-refractivity contribution < 1.29 is 5.11 Å². The average Bonchev–Trinajstić information content (AvgIpc) is 2.37. The molecule has 0 saturated heterocycles. The Morgan fingerprint density at radius 3 is 2.40 bits per heavy atom. The van der Waals surface area contributed by atoms with Crippen LogP contribution in [0.25, 0.3) is 0 Å². The van der Waals surface area contributed by atoms with Crippen molar-refractivity contribution in [3.05, 3.63) is 0 Å². The van der Waals surface area contributed by atoms with Crippen molar-refractivity contribution in [2.45, 2.75) is 38.7 Å². The molecule has 0 aromatic heterocycles. The van der Waals surface area contributed by atoms with Gasteiger partial charge in [-0.2, -0.15) is 0 Å². The summed E-state index contributed by atoms with van der Waals surface area (Å²) in [6.45, 7) is 4.21. The van der Waals surface area contributed by atoms with Crippen molar-refractivity contribution in [1.29, 1.82) is 0 Å². The van der Waals surface area contributed by atoms with Crippen LogP contribution < -0.4 is 0 Å².